The summed E-state index contributed by atoms with van der Waals surface area (Å²) in [7, 11) is 0. The number of likely N-dealkylation sites (tertiary alicyclic amines) is 1. The summed E-state index contributed by atoms with van der Waals surface area (Å²) in [5.41, 5.74) is 3.10. The molecule has 3 aromatic rings. The number of fused-ring (bicyclic) bond motifs is 1. The fourth-order valence-electron chi connectivity index (χ4n) is 4.93. The second kappa shape index (κ2) is 8.40. The van der Waals surface area contributed by atoms with E-state index in [1.165, 1.54) is 0 Å². The van der Waals surface area contributed by atoms with E-state index in [1.54, 1.807) is 6.07 Å². The molecule has 164 valence electrons. The Kier molecular flexibility index (Phi) is 5.58. The van der Waals surface area contributed by atoms with Crippen molar-refractivity contribution in [2.45, 2.75) is 38.8 Å². The third kappa shape index (κ3) is 3.75. The van der Waals surface area contributed by atoms with Crippen LogP contribution in [-0.4, -0.2) is 38.8 Å². The lowest BCUT2D eigenvalue weighted by Gasteiger charge is -2.30. The molecule has 3 atom stereocenters. The normalized spacial score (nSPS) is 22.7. The van der Waals surface area contributed by atoms with Crippen molar-refractivity contribution in [1.29, 1.82) is 5.26 Å². The summed E-state index contributed by atoms with van der Waals surface area (Å²) in [6, 6.07) is 14.2. The average Bonchev–Trinajstić information content (AvgIpc) is 3.47. The first-order valence-corrected chi connectivity index (χ1v) is 11.5. The van der Waals surface area contributed by atoms with Gasteiger partial charge in [0.1, 0.15) is 23.5 Å². The number of rotatable bonds is 4. The highest BCUT2D eigenvalue weighted by atomic mass is 35.5. The molecule has 1 saturated heterocycles. The minimum Gasteiger partial charge on any atom is -0.484 e. The van der Waals surface area contributed by atoms with Gasteiger partial charge in [-0.2, -0.15) is 5.26 Å². The maximum Gasteiger partial charge on any atom is 0.140 e. The van der Waals surface area contributed by atoms with E-state index >= 15 is 0 Å². The Morgan fingerprint density at radius 3 is 2.47 bits per heavy atom. The SMILES string of the molecule is Cc1nnc(C)n1-c1ccc(O[C@H]2c3cc(Cl)cc(Cl)c3C[C@@H]2N2CC[C@@H](C#N)C2)cc1. The quantitative estimate of drug-likeness (QED) is 0.534. The lowest BCUT2D eigenvalue weighted by Crippen LogP contribution is -2.38. The van der Waals surface area contributed by atoms with Gasteiger partial charge >= 0.3 is 0 Å². The van der Waals surface area contributed by atoms with E-state index in [9.17, 15) is 5.26 Å². The van der Waals surface area contributed by atoms with Gasteiger partial charge in [-0.1, -0.05) is 23.2 Å². The van der Waals surface area contributed by atoms with Crippen LogP contribution in [0.4, 0.5) is 0 Å². The first-order valence-electron chi connectivity index (χ1n) is 10.7. The molecule has 2 aromatic carbocycles. The molecular weight excluding hydrogens is 445 g/mol. The zero-order chi connectivity index (χ0) is 22.4. The van der Waals surface area contributed by atoms with Gasteiger partial charge in [-0.3, -0.25) is 9.47 Å². The van der Waals surface area contributed by atoms with Crippen LogP contribution >= 0.6 is 23.2 Å². The molecule has 1 fully saturated rings. The maximum absolute atomic E-state index is 9.37. The predicted octanol–water partition coefficient (Wildman–Crippen LogP) is 5.08. The van der Waals surface area contributed by atoms with Gasteiger partial charge in [0, 0.05) is 27.8 Å². The first kappa shape index (κ1) is 21.3. The van der Waals surface area contributed by atoms with E-state index in [4.69, 9.17) is 27.9 Å². The molecule has 0 amide bonds. The Morgan fingerprint density at radius 1 is 1.09 bits per heavy atom. The number of benzene rings is 2. The van der Waals surface area contributed by atoms with Crippen molar-refractivity contribution in [3.63, 3.8) is 0 Å². The van der Waals surface area contributed by atoms with Gasteiger partial charge in [0.25, 0.3) is 0 Å². The molecule has 0 saturated carbocycles. The number of halogens is 2. The molecule has 5 rings (SSSR count). The van der Waals surface area contributed by atoms with Gasteiger partial charge in [-0.05, 0) is 75.2 Å². The molecule has 8 heteroatoms. The fourth-order valence-corrected chi connectivity index (χ4v) is 5.52. The number of aryl methyl sites for hydroxylation is 2. The fraction of sp³-hybridized carbons (Fsp3) is 0.375. The van der Waals surface area contributed by atoms with Crippen LogP contribution in [0.5, 0.6) is 5.75 Å². The largest absolute Gasteiger partial charge is 0.484 e. The van der Waals surface area contributed by atoms with Crippen LogP contribution in [-0.2, 0) is 6.42 Å². The van der Waals surface area contributed by atoms with Crippen LogP contribution in [0, 0.1) is 31.1 Å². The monoisotopic (exact) mass is 467 g/mol. The number of nitrogens with zero attached hydrogens (tertiary/aromatic N) is 5. The summed E-state index contributed by atoms with van der Waals surface area (Å²) in [5.74, 6) is 2.51. The highest BCUT2D eigenvalue weighted by molar-refractivity contribution is 6.35. The Labute approximate surface area is 197 Å². The summed E-state index contributed by atoms with van der Waals surface area (Å²) in [4.78, 5) is 2.36. The Balaban J connectivity index is 1.45. The number of hydrogen-bond donors (Lipinski definition) is 0. The van der Waals surface area contributed by atoms with Crippen molar-refractivity contribution in [3.05, 3.63) is 69.2 Å². The molecule has 2 heterocycles. The summed E-state index contributed by atoms with van der Waals surface area (Å²) in [5, 5.41) is 18.9. The molecule has 32 heavy (non-hydrogen) atoms. The molecule has 1 aliphatic carbocycles. The van der Waals surface area contributed by atoms with Gasteiger partial charge < -0.3 is 4.74 Å². The van der Waals surface area contributed by atoms with E-state index < -0.39 is 0 Å². The summed E-state index contributed by atoms with van der Waals surface area (Å²) in [6.45, 7) is 5.50. The minimum absolute atomic E-state index is 0.0629. The highest BCUT2D eigenvalue weighted by Crippen LogP contribution is 2.43. The summed E-state index contributed by atoms with van der Waals surface area (Å²) < 4.78 is 8.56. The molecule has 1 aliphatic heterocycles. The molecule has 6 nitrogen and oxygen atoms in total. The molecule has 0 N–H and O–H groups in total. The van der Waals surface area contributed by atoms with Crippen LogP contribution in [0.1, 0.15) is 35.3 Å². The molecule has 0 bridgehead atoms. The highest BCUT2D eigenvalue weighted by Gasteiger charge is 2.42. The topological polar surface area (TPSA) is 67.0 Å². The van der Waals surface area contributed by atoms with E-state index in [0.717, 1.165) is 60.1 Å². The molecule has 0 radical (unpaired) electrons. The van der Waals surface area contributed by atoms with Crippen LogP contribution in [0.2, 0.25) is 10.0 Å². The minimum atomic E-state index is -0.206. The lowest BCUT2D eigenvalue weighted by molar-refractivity contribution is 0.0928. The smallest absolute Gasteiger partial charge is 0.140 e. The van der Waals surface area contributed by atoms with Crippen LogP contribution in [0.25, 0.3) is 5.69 Å². The van der Waals surface area contributed by atoms with Gasteiger partial charge in [0.15, 0.2) is 0 Å². The van der Waals surface area contributed by atoms with E-state index in [-0.39, 0.29) is 18.1 Å². The van der Waals surface area contributed by atoms with Gasteiger partial charge in [-0.25, -0.2) is 0 Å². The second-order valence-electron chi connectivity index (χ2n) is 8.50. The Morgan fingerprint density at radius 2 is 1.81 bits per heavy atom. The van der Waals surface area contributed by atoms with Crippen LogP contribution in [0.15, 0.2) is 36.4 Å². The standard InChI is InChI=1S/C24H23Cl2N5O/c1-14-28-29-15(2)31(14)18-3-5-19(6-4-18)32-24-21-9-17(25)10-22(26)20(21)11-23(24)30-8-7-16(12-27)13-30/h3-6,9-10,16,23-24H,7-8,11,13H2,1-2H3/t16-,23-,24-/m0/s1. The number of hydrogen-bond acceptors (Lipinski definition) is 5. The van der Waals surface area contributed by atoms with Gasteiger partial charge in [-0.15, -0.1) is 10.2 Å². The van der Waals surface area contributed by atoms with E-state index in [2.05, 4.69) is 21.2 Å². The van der Waals surface area contributed by atoms with Crippen molar-refractivity contribution >= 4 is 23.2 Å². The molecule has 1 aromatic heterocycles. The van der Waals surface area contributed by atoms with Crippen molar-refractivity contribution in [2.75, 3.05) is 13.1 Å². The molecular formula is C24H23Cl2N5O. The Bertz CT molecular complexity index is 1180. The predicted molar refractivity (Wildman–Crippen MR) is 123 cm³/mol. The number of nitriles is 1. The van der Waals surface area contributed by atoms with Crippen LogP contribution in [0.3, 0.4) is 0 Å². The maximum atomic E-state index is 9.37. The third-order valence-electron chi connectivity index (χ3n) is 6.48. The molecule has 0 spiro atoms. The van der Waals surface area contributed by atoms with Crippen molar-refractivity contribution < 1.29 is 4.74 Å². The van der Waals surface area contributed by atoms with Crippen molar-refractivity contribution in [3.8, 4) is 17.5 Å². The zero-order valence-corrected chi connectivity index (χ0v) is 19.4. The van der Waals surface area contributed by atoms with Crippen LogP contribution < -0.4 is 4.74 Å². The van der Waals surface area contributed by atoms with E-state index in [0.29, 0.717) is 10.0 Å². The van der Waals surface area contributed by atoms with Gasteiger partial charge in [0.05, 0.1) is 18.0 Å². The number of aromatic nitrogens is 3. The van der Waals surface area contributed by atoms with E-state index in [1.807, 2.05) is 48.7 Å². The summed E-state index contributed by atoms with van der Waals surface area (Å²) >= 11 is 12.9. The molecule has 0 unspecified atom stereocenters. The lowest BCUT2D eigenvalue weighted by atomic mass is 10.1. The van der Waals surface area contributed by atoms with Crippen molar-refractivity contribution in [1.82, 2.24) is 19.7 Å². The average molecular weight is 468 g/mol. The first-order chi connectivity index (χ1) is 15.4. The second-order valence-corrected chi connectivity index (χ2v) is 9.34. The number of ether oxygens (including phenoxy) is 1. The summed E-state index contributed by atoms with van der Waals surface area (Å²) in [6.07, 6.45) is 1.46. The zero-order valence-electron chi connectivity index (χ0n) is 17.9. The third-order valence-corrected chi connectivity index (χ3v) is 7.04. The van der Waals surface area contributed by atoms with Gasteiger partial charge in [0.2, 0.25) is 0 Å². The molecule has 2 aliphatic rings. The van der Waals surface area contributed by atoms with Crippen molar-refractivity contribution in [2.24, 2.45) is 5.92 Å². The Hall–Kier alpha value is -2.59.